The number of fused-ring (bicyclic) bond motifs is 1. The molecular weight excluding hydrogens is 228 g/mol. The van der Waals surface area contributed by atoms with Crippen LogP contribution < -0.4 is 4.90 Å². The lowest BCUT2D eigenvalue weighted by atomic mass is 10.1. The van der Waals surface area contributed by atoms with Crippen molar-refractivity contribution in [3.05, 3.63) is 30.5 Å². The summed E-state index contributed by atoms with van der Waals surface area (Å²) >= 11 is 0. The van der Waals surface area contributed by atoms with Crippen LogP contribution in [0.15, 0.2) is 30.5 Å². The van der Waals surface area contributed by atoms with Crippen LogP contribution in [0.2, 0.25) is 0 Å². The van der Waals surface area contributed by atoms with E-state index >= 15 is 0 Å². The number of hydrogen-bond acceptors (Lipinski definition) is 5. The summed E-state index contributed by atoms with van der Waals surface area (Å²) in [5.74, 6) is 0.830. The van der Waals surface area contributed by atoms with Gasteiger partial charge in [-0.3, -0.25) is 0 Å². The minimum absolute atomic E-state index is 0.389. The lowest BCUT2D eigenvalue weighted by Crippen LogP contribution is -2.42. The summed E-state index contributed by atoms with van der Waals surface area (Å²) in [5.41, 5.74) is 0. The third-order valence-corrected chi connectivity index (χ3v) is 3.06. The molecule has 1 aliphatic heterocycles. The van der Waals surface area contributed by atoms with Crippen LogP contribution in [-0.2, 0) is 4.74 Å². The molecule has 1 aromatic carbocycles. The zero-order chi connectivity index (χ0) is 12.4. The quantitative estimate of drug-likeness (QED) is 0.753. The van der Waals surface area contributed by atoms with Gasteiger partial charge in [0, 0.05) is 17.3 Å². The Hall–Kier alpha value is -2.19. The van der Waals surface area contributed by atoms with Crippen LogP contribution in [0.4, 0.5) is 5.82 Å². The van der Waals surface area contributed by atoms with Crippen LogP contribution in [0.3, 0.4) is 0 Å². The van der Waals surface area contributed by atoms with Crippen molar-refractivity contribution in [3.63, 3.8) is 0 Å². The number of benzene rings is 1. The highest BCUT2D eigenvalue weighted by Gasteiger charge is 2.22. The number of rotatable bonds is 1. The second-order valence-electron chi connectivity index (χ2n) is 4.19. The summed E-state index contributed by atoms with van der Waals surface area (Å²) in [6, 6.07) is 10.1. The van der Waals surface area contributed by atoms with E-state index in [4.69, 9.17) is 10.00 Å². The Labute approximate surface area is 105 Å². The van der Waals surface area contributed by atoms with Gasteiger partial charge in [0.05, 0.1) is 25.4 Å². The molecule has 2 heterocycles. The second kappa shape index (κ2) is 4.59. The summed E-state index contributed by atoms with van der Waals surface area (Å²) in [6.45, 7) is 1.82. The van der Waals surface area contributed by atoms with Gasteiger partial charge in [-0.05, 0) is 0 Å². The maximum absolute atomic E-state index is 8.93. The average Bonchev–Trinajstić information content (AvgIpc) is 2.47. The lowest BCUT2D eigenvalue weighted by molar-refractivity contribution is 0.0762. The van der Waals surface area contributed by atoms with Crippen molar-refractivity contribution in [1.82, 2.24) is 10.2 Å². The molecule has 1 aliphatic rings. The van der Waals surface area contributed by atoms with Gasteiger partial charge in [0.1, 0.15) is 0 Å². The first kappa shape index (κ1) is 10.9. The first-order chi connectivity index (χ1) is 8.88. The third-order valence-electron chi connectivity index (χ3n) is 3.06. The van der Waals surface area contributed by atoms with Gasteiger partial charge in [0.2, 0.25) is 0 Å². The maximum Gasteiger partial charge on any atom is 0.161 e. The number of morpholine rings is 1. The van der Waals surface area contributed by atoms with E-state index in [0.29, 0.717) is 13.2 Å². The highest BCUT2D eigenvalue weighted by Crippen LogP contribution is 2.24. The summed E-state index contributed by atoms with van der Waals surface area (Å²) in [7, 11) is 0. The third kappa shape index (κ3) is 1.87. The molecule has 1 aromatic heterocycles. The maximum atomic E-state index is 8.93. The summed E-state index contributed by atoms with van der Waals surface area (Å²) < 4.78 is 5.34. The monoisotopic (exact) mass is 240 g/mol. The largest absolute Gasteiger partial charge is 0.360 e. The SMILES string of the molecule is N#CC1CN(c2nncc3ccccc23)CCO1. The summed E-state index contributed by atoms with van der Waals surface area (Å²) in [4.78, 5) is 2.06. The van der Waals surface area contributed by atoms with Crippen LogP contribution in [0.1, 0.15) is 0 Å². The molecule has 5 heteroatoms. The highest BCUT2D eigenvalue weighted by molar-refractivity contribution is 5.91. The Balaban J connectivity index is 2.01. The number of nitriles is 1. The summed E-state index contributed by atoms with van der Waals surface area (Å²) in [6.07, 6.45) is 1.36. The number of anilines is 1. The van der Waals surface area contributed by atoms with Crippen molar-refractivity contribution in [1.29, 1.82) is 5.26 Å². The Morgan fingerprint density at radius 2 is 2.28 bits per heavy atom. The van der Waals surface area contributed by atoms with E-state index in [2.05, 4.69) is 21.2 Å². The van der Waals surface area contributed by atoms with E-state index < -0.39 is 0 Å². The minimum Gasteiger partial charge on any atom is -0.360 e. The van der Waals surface area contributed by atoms with Gasteiger partial charge in [-0.25, -0.2) is 0 Å². The molecule has 0 bridgehead atoms. The van der Waals surface area contributed by atoms with Gasteiger partial charge in [0.15, 0.2) is 11.9 Å². The van der Waals surface area contributed by atoms with E-state index in [9.17, 15) is 0 Å². The molecule has 1 saturated heterocycles. The molecule has 90 valence electrons. The Bertz CT molecular complexity index is 602. The van der Waals surface area contributed by atoms with Crippen LogP contribution in [0.25, 0.3) is 10.8 Å². The Kier molecular flexibility index (Phi) is 2.79. The Morgan fingerprint density at radius 3 is 3.17 bits per heavy atom. The van der Waals surface area contributed by atoms with E-state index in [1.807, 2.05) is 24.3 Å². The molecule has 3 rings (SSSR count). The van der Waals surface area contributed by atoms with Crippen LogP contribution >= 0.6 is 0 Å². The van der Waals surface area contributed by atoms with Crippen molar-refractivity contribution in [2.45, 2.75) is 6.10 Å². The summed E-state index contributed by atoms with van der Waals surface area (Å²) in [5, 5.41) is 19.3. The number of ether oxygens (including phenoxy) is 1. The standard InChI is InChI=1S/C13H12N4O/c14-7-11-9-17(5-6-18-11)13-12-4-2-1-3-10(12)8-15-16-13/h1-4,8,11H,5-6,9H2. The van der Waals surface area contributed by atoms with Gasteiger partial charge in [-0.2, -0.15) is 10.4 Å². The van der Waals surface area contributed by atoms with E-state index in [-0.39, 0.29) is 6.10 Å². The van der Waals surface area contributed by atoms with Gasteiger partial charge < -0.3 is 9.64 Å². The van der Waals surface area contributed by atoms with Crippen LogP contribution in [0, 0.1) is 11.3 Å². The second-order valence-corrected chi connectivity index (χ2v) is 4.19. The van der Waals surface area contributed by atoms with E-state index in [1.54, 1.807) is 6.20 Å². The van der Waals surface area contributed by atoms with Crippen molar-refractivity contribution in [3.8, 4) is 6.07 Å². The Morgan fingerprint density at radius 1 is 1.39 bits per heavy atom. The molecule has 2 aromatic rings. The topological polar surface area (TPSA) is 62.0 Å². The number of aromatic nitrogens is 2. The molecule has 0 aliphatic carbocycles. The first-order valence-electron chi connectivity index (χ1n) is 5.85. The predicted octanol–water partition coefficient (Wildman–Crippen LogP) is 1.36. The molecule has 0 N–H and O–H groups in total. The van der Waals surface area contributed by atoms with Gasteiger partial charge in [-0.1, -0.05) is 24.3 Å². The van der Waals surface area contributed by atoms with Crippen molar-refractivity contribution in [2.24, 2.45) is 0 Å². The van der Waals surface area contributed by atoms with Crippen LogP contribution in [-0.4, -0.2) is 36.0 Å². The fraction of sp³-hybridized carbons (Fsp3) is 0.308. The zero-order valence-electron chi connectivity index (χ0n) is 9.78. The normalized spacial score (nSPS) is 19.7. The van der Waals surface area contributed by atoms with E-state index in [1.165, 1.54) is 0 Å². The average molecular weight is 240 g/mol. The molecule has 0 radical (unpaired) electrons. The number of nitrogens with zero attached hydrogens (tertiary/aromatic N) is 4. The van der Waals surface area contributed by atoms with Crippen LogP contribution in [0.5, 0.6) is 0 Å². The molecule has 0 spiro atoms. The van der Waals surface area contributed by atoms with Crippen molar-refractivity contribution >= 4 is 16.6 Å². The number of hydrogen-bond donors (Lipinski definition) is 0. The molecular formula is C13H12N4O. The molecule has 1 fully saturated rings. The predicted molar refractivity (Wildman–Crippen MR) is 67.1 cm³/mol. The van der Waals surface area contributed by atoms with Crippen molar-refractivity contribution in [2.75, 3.05) is 24.6 Å². The zero-order valence-corrected chi connectivity index (χ0v) is 9.78. The minimum atomic E-state index is -0.389. The first-order valence-corrected chi connectivity index (χ1v) is 5.85. The van der Waals surface area contributed by atoms with E-state index in [0.717, 1.165) is 23.1 Å². The molecule has 1 atom stereocenters. The van der Waals surface area contributed by atoms with Gasteiger partial charge in [-0.15, -0.1) is 5.10 Å². The smallest absolute Gasteiger partial charge is 0.161 e. The molecule has 0 amide bonds. The molecule has 18 heavy (non-hydrogen) atoms. The van der Waals surface area contributed by atoms with Crippen molar-refractivity contribution < 1.29 is 4.74 Å². The molecule has 1 unspecified atom stereocenters. The molecule has 5 nitrogen and oxygen atoms in total. The molecule has 0 saturated carbocycles. The fourth-order valence-electron chi connectivity index (χ4n) is 2.17. The highest BCUT2D eigenvalue weighted by atomic mass is 16.5. The fourth-order valence-corrected chi connectivity index (χ4v) is 2.17. The van der Waals surface area contributed by atoms with Gasteiger partial charge >= 0.3 is 0 Å². The lowest BCUT2D eigenvalue weighted by Gasteiger charge is -2.30. The van der Waals surface area contributed by atoms with Gasteiger partial charge in [0.25, 0.3) is 0 Å².